The molecular formula is C21H26F2N6O2. The highest BCUT2D eigenvalue weighted by atomic mass is 19.3. The summed E-state index contributed by atoms with van der Waals surface area (Å²) in [6.07, 6.45) is 3.87. The molecule has 0 spiro atoms. The lowest BCUT2D eigenvalue weighted by molar-refractivity contribution is -0.120. The lowest BCUT2D eigenvalue weighted by atomic mass is 9.81. The molecule has 0 aromatic carbocycles. The molecule has 3 fully saturated rings. The van der Waals surface area contributed by atoms with Gasteiger partial charge in [-0.2, -0.15) is 5.10 Å². The Hall–Kier alpha value is -2.59. The van der Waals surface area contributed by atoms with Gasteiger partial charge in [0.2, 0.25) is 11.8 Å². The fourth-order valence-corrected chi connectivity index (χ4v) is 4.78. The third-order valence-electron chi connectivity index (χ3n) is 6.47. The highest BCUT2D eigenvalue weighted by Crippen LogP contribution is 2.42. The van der Waals surface area contributed by atoms with Crippen molar-refractivity contribution in [3.63, 3.8) is 0 Å². The number of amides is 3. The molecule has 2 aromatic rings. The van der Waals surface area contributed by atoms with Gasteiger partial charge in [0.25, 0.3) is 0 Å². The fourth-order valence-electron chi connectivity index (χ4n) is 4.78. The number of imide groups is 1. The second-order valence-corrected chi connectivity index (χ2v) is 8.86. The van der Waals surface area contributed by atoms with Crippen LogP contribution in [0.1, 0.15) is 24.8 Å². The SMILES string of the molecule is O=C1CCN(c2cnn3ccc(CN4CCN(CC5CC(F)(F)C5)CC4)cc23)C(=O)N1. The van der Waals surface area contributed by atoms with Crippen molar-refractivity contribution in [2.24, 2.45) is 5.92 Å². The minimum atomic E-state index is -2.44. The molecule has 0 radical (unpaired) electrons. The van der Waals surface area contributed by atoms with Crippen LogP contribution in [0, 0.1) is 5.92 Å². The molecule has 2 aromatic heterocycles. The summed E-state index contributed by atoms with van der Waals surface area (Å²) in [6, 6.07) is 3.64. The highest BCUT2D eigenvalue weighted by molar-refractivity contribution is 6.07. The van der Waals surface area contributed by atoms with E-state index in [2.05, 4.69) is 20.2 Å². The predicted molar refractivity (Wildman–Crippen MR) is 110 cm³/mol. The summed E-state index contributed by atoms with van der Waals surface area (Å²) < 4.78 is 27.8. The lowest BCUT2D eigenvalue weighted by Gasteiger charge is -2.41. The van der Waals surface area contributed by atoms with Gasteiger partial charge in [-0.1, -0.05) is 0 Å². The average Bonchev–Trinajstić information content (AvgIpc) is 3.11. The Labute approximate surface area is 178 Å². The van der Waals surface area contributed by atoms with E-state index in [1.165, 1.54) is 0 Å². The first kappa shape index (κ1) is 20.3. The average molecular weight is 432 g/mol. The summed E-state index contributed by atoms with van der Waals surface area (Å²) in [4.78, 5) is 29.9. The maximum absolute atomic E-state index is 13.0. The number of nitrogens with zero attached hydrogens (tertiary/aromatic N) is 5. The van der Waals surface area contributed by atoms with E-state index in [0.29, 0.717) is 12.2 Å². The predicted octanol–water partition coefficient (Wildman–Crippen LogP) is 1.94. The van der Waals surface area contributed by atoms with Gasteiger partial charge in [-0.15, -0.1) is 0 Å². The molecule has 31 heavy (non-hydrogen) atoms. The maximum Gasteiger partial charge on any atom is 0.328 e. The first-order valence-corrected chi connectivity index (χ1v) is 10.8. The standard InChI is InChI=1S/C21H26F2N6O2/c22-21(23)10-16(11-21)14-27-7-5-26(6-8-27)13-15-1-4-29-17(9-15)18(12-24-29)28-3-2-19(30)25-20(28)31/h1,4,9,12,16H,2-3,5-8,10-11,13-14H2,(H,25,30,31). The monoisotopic (exact) mass is 432 g/mol. The second kappa shape index (κ2) is 7.83. The van der Waals surface area contributed by atoms with Crippen LogP contribution in [0.2, 0.25) is 0 Å². The Balaban J connectivity index is 1.20. The van der Waals surface area contributed by atoms with Gasteiger partial charge >= 0.3 is 6.03 Å². The zero-order chi connectivity index (χ0) is 21.6. The van der Waals surface area contributed by atoms with Crippen molar-refractivity contribution in [3.8, 4) is 0 Å². The number of urea groups is 1. The normalized spacial score (nSPS) is 23.2. The number of fused-ring (bicyclic) bond motifs is 1. The molecule has 3 aliphatic rings. The van der Waals surface area contributed by atoms with E-state index in [-0.39, 0.29) is 31.1 Å². The molecule has 1 saturated carbocycles. The van der Waals surface area contributed by atoms with Gasteiger partial charge in [0.05, 0.1) is 17.4 Å². The van der Waals surface area contributed by atoms with E-state index in [1.54, 1.807) is 15.6 Å². The van der Waals surface area contributed by atoms with Gasteiger partial charge < -0.3 is 4.90 Å². The van der Waals surface area contributed by atoms with Crippen molar-refractivity contribution in [1.82, 2.24) is 24.7 Å². The molecule has 10 heteroatoms. The Bertz CT molecular complexity index is 993. The smallest absolute Gasteiger partial charge is 0.301 e. The molecule has 0 bridgehead atoms. The summed E-state index contributed by atoms with van der Waals surface area (Å²) in [5.41, 5.74) is 2.63. The summed E-state index contributed by atoms with van der Waals surface area (Å²) >= 11 is 0. The van der Waals surface area contributed by atoms with Crippen molar-refractivity contribution in [1.29, 1.82) is 0 Å². The second-order valence-electron chi connectivity index (χ2n) is 8.86. The van der Waals surface area contributed by atoms with Gasteiger partial charge in [0.15, 0.2) is 0 Å². The zero-order valence-electron chi connectivity index (χ0n) is 17.3. The number of rotatable bonds is 5. The number of pyridine rings is 1. The number of alkyl halides is 2. The minimum absolute atomic E-state index is 0.0319. The lowest BCUT2D eigenvalue weighted by Crippen LogP contribution is -2.50. The van der Waals surface area contributed by atoms with E-state index in [1.807, 2.05) is 18.3 Å². The highest BCUT2D eigenvalue weighted by Gasteiger charge is 2.45. The van der Waals surface area contributed by atoms with Crippen molar-refractivity contribution >= 4 is 23.1 Å². The molecule has 3 amide bonds. The first-order valence-electron chi connectivity index (χ1n) is 10.8. The number of hydrogen-bond donors (Lipinski definition) is 1. The molecule has 2 aliphatic heterocycles. The fraction of sp³-hybridized carbons (Fsp3) is 0.571. The van der Waals surface area contributed by atoms with Gasteiger partial charge in [0, 0.05) is 71.3 Å². The van der Waals surface area contributed by atoms with E-state index in [4.69, 9.17) is 0 Å². The summed E-state index contributed by atoms with van der Waals surface area (Å²) in [6.45, 7) is 5.48. The largest absolute Gasteiger partial charge is 0.328 e. The summed E-state index contributed by atoms with van der Waals surface area (Å²) in [7, 11) is 0. The number of aromatic nitrogens is 2. The van der Waals surface area contributed by atoms with Crippen LogP contribution in [0.5, 0.6) is 0 Å². The van der Waals surface area contributed by atoms with Crippen LogP contribution >= 0.6 is 0 Å². The number of anilines is 1. The van der Waals surface area contributed by atoms with E-state index < -0.39 is 12.0 Å². The molecule has 166 valence electrons. The van der Waals surface area contributed by atoms with E-state index >= 15 is 0 Å². The third kappa shape index (κ3) is 4.27. The van der Waals surface area contributed by atoms with Gasteiger partial charge in [-0.05, 0) is 23.6 Å². The van der Waals surface area contributed by atoms with Crippen LogP contribution in [0.4, 0.5) is 19.3 Å². The van der Waals surface area contributed by atoms with Crippen LogP contribution in [0.25, 0.3) is 5.52 Å². The molecule has 4 heterocycles. The number of carbonyl (C=O) groups is 2. The Morgan fingerprint density at radius 3 is 2.55 bits per heavy atom. The summed E-state index contributed by atoms with van der Waals surface area (Å²) in [5, 5.41) is 6.68. The van der Waals surface area contributed by atoms with Crippen molar-refractivity contribution in [2.45, 2.75) is 31.7 Å². The molecular weight excluding hydrogens is 406 g/mol. The molecule has 1 N–H and O–H groups in total. The van der Waals surface area contributed by atoms with Gasteiger partial charge in [-0.25, -0.2) is 18.1 Å². The van der Waals surface area contributed by atoms with Gasteiger partial charge in [0.1, 0.15) is 0 Å². The molecule has 5 rings (SSSR count). The quantitative estimate of drug-likeness (QED) is 0.782. The topological polar surface area (TPSA) is 73.2 Å². The van der Waals surface area contributed by atoms with E-state index in [0.717, 1.165) is 50.3 Å². The van der Waals surface area contributed by atoms with Crippen molar-refractivity contribution in [3.05, 3.63) is 30.1 Å². The Morgan fingerprint density at radius 2 is 1.84 bits per heavy atom. The molecule has 0 atom stereocenters. The number of carbonyl (C=O) groups excluding carboxylic acids is 2. The summed E-state index contributed by atoms with van der Waals surface area (Å²) in [5.74, 6) is -2.57. The number of halogens is 2. The van der Waals surface area contributed by atoms with E-state index in [9.17, 15) is 18.4 Å². The number of hydrogen-bond acceptors (Lipinski definition) is 5. The van der Waals surface area contributed by atoms with Gasteiger partial charge in [-0.3, -0.25) is 19.9 Å². The van der Waals surface area contributed by atoms with Crippen molar-refractivity contribution in [2.75, 3.05) is 44.2 Å². The minimum Gasteiger partial charge on any atom is -0.301 e. The van der Waals surface area contributed by atoms with Crippen LogP contribution in [0.15, 0.2) is 24.5 Å². The molecule has 2 saturated heterocycles. The van der Waals surface area contributed by atoms with Crippen molar-refractivity contribution < 1.29 is 18.4 Å². The zero-order valence-corrected chi connectivity index (χ0v) is 17.3. The molecule has 1 aliphatic carbocycles. The van der Waals surface area contributed by atoms with Crippen LogP contribution in [0.3, 0.4) is 0 Å². The Morgan fingerprint density at radius 1 is 1.10 bits per heavy atom. The first-order chi connectivity index (χ1) is 14.9. The number of piperazine rings is 1. The Kier molecular flexibility index (Phi) is 5.13. The van der Waals surface area contributed by atoms with Crippen LogP contribution in [-0.4, -0.2) is 76.5 Å². The molecule has 0 unspecified atom stereocenters. The van der Waals surface area contributed by atoms with Crippen LogP contribution in [-0.2, 0) is 11.3 Å². The van der Waals surface area contributed by atoms with Crippen LogP contribution < -0.4 is 10.2 Å². The third-order valence-corrected chi connectivity index (χ3v) is 6.47. The number of nitrogens with one attached hydrogen (secondary N) is 1. The molecule has 8 nitrogen and oxygen atoms in total. The maximum atomic E-state index is 13.0.